The molecule has 1 N–H and O–H groups in total. The van der Waals surface area contributed by atoms with Crippen LogP contribution in [0.4, 0.5) is 4.79 Å². The largest absolute Gasteiger partial charge is 0.519 e. The molecule has 0 unspecified atom stereocenters. The van der Waals surface area contributed by atoms with Crippen LogP contribution in [0.25, 0.3) is 0 Å². The SMILES string of the molecule is COc1ccc(C(=O)Oc2ccc(C(C)(C)c3ccc(O)c(C(=O)c4ccc(OC(=O)Oc5ccc(C(C)(C)c6ccc(OC(C)=O)cc6)cc5)cc4)c3)cc2)cc1. The molecule has 6 aromatic rings. The predicted octanol–water partition coefficient (Wildman–Crippen LogP) is 10.0. The van der Waals surface area contributed by atoms with Gasteiger partial charge in [0.1, 0.15) is 34.5 Å². The molecule has 0 fully saturated rings. The van der Waals surface area contributed by atoms with Crippen molar-refractivity contribution in [1.29, 1.82) is 0 Å². The zero-order chi connectivity index (χ0) is 41.6. The molecule has 0 saturated heterocycles. The van der Waals surface area contributed by atoms with E-state index in [9.17, 15) is 24.3 Å². The third-order valence-corrected chi connectivity index (χ3v) is 10.0. The van der Waals surface area contributed by atoms with Crippen LogP contribution in [0.3, 0.4) is 0 Å². The molecule has 0 aromatic heterocycles. The predicted molar refractivity (Wildman–Crippen MR) is 217 cm³/mol. The van der Waals surface area contributed by atoms with Crippen LogP contribution >= 0.6 is 0 Å². The Labute approximate surface area is 336 Å². The Morgan fingerprint density at radius 1 is 0.466 bits per heavy atom. The monoisotopic (exact) mass is 778 g/mol. The van der Waals surface area contributed by atoms with E-state index in [0.29, 0.717) is 22.8 Å². The maximum Gasteiger partial charge on any atom is 0.519 e. The summed E-state index contributed by atoms with van der Waals surface area (Å²) in [7, 11) is 1.55. The van der Waals surface area contributed by atoms with Crippen molar-refractivity contribution in [3.63, 3.8) is 0 Å². The summed E-state index contributed by atoms with van der Waals surface area (Å²) >= 11 is 0. The minimum absolute atomic E-state index is 0.106. The highest BCUT2D eigenvalue weighted by Gasteiger charge is 2.27. The summed E-state index contributed by atoms with van der Waals surface area (Å²) in [5, 5.41) is 10.7. The van der Waals surface area contributed by atoms with Gasteiger partial charge in [-0.25, -0.2) is 9.59 Å². The number of methoxy groups -OCH3 is 1. The van der Waals surface area contributed by atoms with Crippen LogP contribution in [0.1, 0.15) is 83.2 Å². The first-order valence-electron chi connectivity index (χ1n) is 18.4. The minimum atomic E-state index is -0.955. The zero-order valence-electron chi connectivity index (χ0n) is 32.9. The first-order valence-corrected chi connectivity index (χ1v) is 18.4. The summed E-state index contributed by atoms with van der Waals surface area (Å²) in [4.78, 5) is 50.2. The molecule has 0 aliphatic rings. The number of ether oxygens (including phenoxy) is 5. The molecule has 0 saturated carbocycles. The second-order valence-corrected chi connectivity index (χ2v) is 14.6. The Hall–Kier alpha value is -7.20. The van der Waals surface area contributed by atoms with E-state index < -0.39 is 28.7 Å². The van der Waals surface area contributed by atoms with Crippen molar-refractivity contribution in [3.8, 4) is 34.5 Å². The number of esters is 2. The molecule has 0 aliphatic heterocycles. The van der Waals surface area contributed by atoms with Gasteiger partial charge in [0, 0.05) is 23.3 Å². The number of carbonyl (C=O) groups excluding carboxylic acids is 4. The van der Waals surface area contributed by atoms with Crippen molar-refractivity contribution in [3.05, 3.63) is 178 Å². The quantitative estimate of drug-likeness (QED) is 0.0554. The number of aromatic hydroxyl groups is 1. The molecule has 294 valence electrons. The average molecular weight is 779 g/mol. The van der Waals surface area contributed by atoms with E-state index in [1.807, 2.05) is 50.2 Å². The van der Waals surface area contributed by atoms with Crippen LogP contribution in [-0.4, -0.2) is 36.1 Å². The Kier molecular flexibility index (Phi) is 11.8. The molecule has 0 aliphatic carbocycles. The van der Waals surface area contributed by atoms with Crippen molar-refractivity contribution < 1.29 is 48.0 Å². The maximum absolute atomic E-state index is 13.6. The number of ketones is 1. The average Bonchev–Trinajstić information content (AvgIpc) is 3.21. The van der Waals surface area contributed by atoms with Gasteiger partial charge in [-0.2, -0.15) is 0 Å². The number of carbonyl (C=O) groups is 4. The van der Waals surface area contributed by atoms with Gasteiger partial charge in [0.25, 0.3) is 0 Å². The van der Waals surface area contributed by atoms with Gasteiger partial charge < -0.3 is 28.8 Å². The van der Waals surface area contributed by atoms with Gasteiger partial charge in [0.05, 0.1) is 18.2 Å². The smallest absolute Gasteiger partial charge is 0.507 e. The molecule has 6 rings (SSSR count). The summed E-state index contributed by atoms with van der Waals surface area (Å²) in [6, 6.07) is 38.9. The Bertz CT molecular complexity index is 2430. The standard InChI is InChI=1S/C48H42O10/c1-30(49)55-38-22-11-33(12-23-38)47(2,3)34-15-26-41(27-16-34)58-46(53)57-40-20-7-31(8-21-40)44(51)42-29-36(17-28-43(42)50)48(4,5)35-13-24-39(25-14-35)56-45(52)32-9-18-37(54-6)19-10-32/h7-29,50H,1-6H3. The molecule has 0 bridgehead atoms. The fraction of sp³-hybridized carbons (Fsp3) is 0.167. The molecule has 0 radical (unpaired) electrons. The van der Waals surface area contributed by atoms with Gasteiger partial charge in [-0.15, -0.1) is 0 Å². The molecule has 0 atom stereocenters. The number of phenols is 1. The van der Waals surface area contributed by atoms with Crippen LogP contribution < -0.4 is 23.7 Å². The summed E-state index contributed by atoms with van der Waals surface area (Å²) in [5.41, 5.74) is 3.39. The van der Waals surface area contributed by atoms with E-state index >= 15 is 0 Å². The number of phenolic OH excluding ortho intramolecular Hbond substituents is 1. The Morgan fingerprint density at radius 2 is 0.845 bits per heavy atom. The fourth-order valence-electron chi connectivity index (χ4n) is 6.36. The van der Waals surface area contributed by atoms with Crippen LogP contribution in [0.15, 0.2) is 140 Å². The van der Waals surface area contributed by atoms with E-state index in [1.165, 1.54) is 37.3 Å². The second-order valence-electron chi connectivity index (χ2n) is 14.6. The van der Waals surface area contributed by atoms with Gasteiger partial charge in [0.2, 0.25) is 0 Å². The molecule has 0 spiro atoms. The lowest BCUT2D eigenvalue weighted by molar-refractivity contribution is -0.131. The number of benzene rings is 6. The molecule has 10 nitrogen and oxygen atoms in total. The highest BCUT2D eigenvalue weighted by molar-refractivity contribution is 6.10. The van der Waals surface area contributed by atoms with E-state index in [-0.39, 0.29) is 34.3 Å². The molecule has 10 heteroatoms. The van der Waals surface area contributed by atoms with Crippen molar-refractivity contribution in [1.82, 2.24) is 0 Å². The molecule has 0 heterocycles. The highest BCUT2D eigenvalue weighted by Crippen LogP contribution is 2.36. The van der Waals surface area contributed by atoms with Gasteiger partial charge in [-0.3, -0.25) is 9.59 Å². The lowest BCUT2D eigenvalue weighted by Crippen LogP contribution is -2.19. The summed E-state index contributed by atoms with van der Waals surface area (Å²) in [6.07, 6.45) is -0.955. The third-order valence-electron chi connectivity index (χ3n) is 10.0. The normalized spacial score (nSPS) is 11.3. The molecule has 58 heavy (non-hydrogen) atoms. The van der Waals surface area contributed by atoms with Crippen molar-refractivity contribution in [2.45, 2.75) is 45.4 Å². The van der Waals surface area contributed by atoms with Crippen LogP contribution in [0.2, 0.25) is 0 Å². The van der Waals surface area contributed by atoms with E-state index in [2.05, 4.69) is 13.8 Å². The van der Waals surface area contributed by atoms with Crippen LogP contribution in [-0.2, 0) is 15.6 Å². The van der Waals surface area contributed by atoms with Gasteiger partial charge in [-0.05, 0) is 119 Å². The topological polar surface area (TPSA) is 135 Å². The summed E-state index contributed by atoms with van der Waals surface area (Å²) < 4.78 is 26.6. The lowest BCUT2D eigenvalue weighted by Gasteiger charge is -2.27. The van der Waals surface area contributed by atoms with E-state index in [0.717, 1.165) is 22.3 Å². The van der Waals surface area contributed by atoms with Gasteiger partial charge in [-0.1, -0.05) is 70.2 Å². The second kappa shape index (κ2) is 16.9. The van der Waals surface area contributed by atoms with Crippen molar-refractivity contribution in [2.24, 2.45) is 0 Å². The highest BCUT2D eigenvalue weighted by atomic mass is 16.7. The van der Waals surface area contributed by atoms with E-state index in [1.54, 1.807) is 79.9 Å². The molecule has 0 amide bonds. The zero-order valence-corrected chi connectivity index (χ0v) is 32.9. The van der Waals surface area contributed by atoms with Crippen molar-refractivity contribution in [2.75, 3.05) is 7.11 Å². The number of hydrogen-bond donors (Lipinski definition) is 1. The van der Waals surface area contributed by atoms with Crippen molar-refractivity contribution >= 4 is 23.9 Å². The molecule has 6 aromatic carbocycles. The summed E-state index contributed by atoms with van der Waals surface area (Å²) in [5.74, 6) is 0.431. The fourth-order valence-corrected chi connectivity index (χ4v) is 6.36. The molecular weight excluding hydrogens is 737 g/mol. The third kappa shape index (κ3) is 9.25. The minimum Gasteiger partial charge on any atom is -0.507 e. The number of hydrogen-bond acceptors (Lipinski definition) is 10. The lowest BCUT2D eigenvalue weighted by atomic mass is 9.77. The molecular formula is C48H42O10. The van der Waals surface area contributed by atoms with Crippen LogP contribution in [0, 0.1) is 0 Å². The Morgan fingerprint density at radius 3 is 1.31 bits per heavy atom. The Balaban J connectivity index is 1.07. The number of rotatable bonds is 12. The first kappa shape index (κ1) is 40.5. The van der Waals surface area contributed by atoms with Crippen LogP contribution in [0.5, 0.6) is 34.5 Å². The van der Waals surface area contributed by atoms with Gasteiger partial charge in [0.15, 0.2) is 5.78 Å². The maximum atomic E-state index is 13.6. The van der Waals surface area contributed by atoms with Gasteiger partial charge >= 0.3 is 18.1 Å². The summed E-state index contributed by atoms with van der Waals surface area (Å²) in [6.45, 7) is 9.44. The first-order chi connectivity index (χ1) is 27.6. The van der Waals surface area contributed by atoms with E-state index in [4.69, 9.17) is 23.7 Å².